The summed E-state index contributed by atoms with van der Waals surface area (Å²) >= 11 is 0. The lowest BCUT2D eigenvalue weighted by Gasteiger charge is -2.60. The Balaban J connectivity index is 1.16. The highest BCUT2D eigenvalue weighted by atomic mass is 16.5. The van der Waals surface area contributed by atoms with Crippen molar-refractivity contribution in [1.29, 1.82) is 0 Å². The summed E-state index contributed by atoms with van der Waals surface area (Å²) in [6.07, 6.45) is -0.0627. The van der Waals surface area contributed by atoms with Crippen molar-refractivity contribution in [3.63, 3.8) is 0 Å². The summed E-state index contributed by atoms with van der Waals surface area (Å²) in [4.78, 5) is 46.4. The molecule has 0 aromatic carbocycles. The van der Waals surface area contributed by atoms with E-state index in [1.807, 2.05) is 0 Å². The van der Waals surface area contributed by atoms with Gasteiger partial charge in [-0.1, -0.05) is 0 Å². The number of ether oxygens (including phenoxy) is 1. The maximum Gasteiger partial charge on any atom is 0.240 e. The van der Waals surface area contributed by atoms with Crippen LogP contribution >= 0.6 is 0 Å². The third-order valence-electron chi connectivity index (χ3n) is 6.99. The Labute approximate surface area is 156 Å². The molecule has 5 unspecified atom stereocenters. The van der Waals surface area contributed by atoms with Gasteiger partial charge in [-0.25, -0.2) is 0 Å². The Hall–Kier alpha value is -1.59. The number of likely N-dealkylation sites (tertiary alicyclic amines) is 1. The highest BCUT2D eigenvalue weighted by Crippen LogP contribution is 2.48. The molecular formula is C17H24N6O4. The first-order valence-electron chi connectivity index (χ1n) is 9.67. The van der Waals surface area contributed by atoms with Crippen molar-refractivity contribution in [1.82, 2.24) is 24.9 Å². The molecule has 7 heterocycles. The fourth-order valence-electron chi connectivity index (χ4n) is 6.32. The first kappa shape index (κ1) is 16.4. The second-order valence-corrected chi connectivity index (χ2v) is 9.09. The molecule has 7 saturated heterocycles. The van der Waals surface area contributed by atoms with E-state index in [-0.39, 0.29) is 48.1 Å². The van der Waals surface area contributed by atoms with Crippen LogP contribution in [0.5, 0.6) is 0 Å². The normalized spacial score (nSPS) is 52.0. The minimum absolute atomic E-state index is 0.203. The van der Waals surface area contributed by atoms with Crippen molar-refractivity contribution in [3.8, 4) is 0 Å². The van der Waals surface area contributed by atoms with Crippen LogP contribution in [0.25, 0.3) is 0 Å². The summed E-state index contributed by atoms with van der Waals surface area (Å²) in [5, 5.41) is 3.14. The van der Waals surface area contributed by atoms with Crippen molar-refractivity contribution >= 4 is 17.7 Å². The maximum absolute atomic E-state index is 12.8. The number of rotatable bonds is 3. The molecule has 0 spiro atoms. The van der Waals surface area contributed by atoms with E-state index >= 15 is 0 Å². The van der Waals surface area contributed by atoms with Gasteiger partial charge >= 0.3 is 0 Å². The lowest BCUT2D eigenvalue weighted by Crippen LogP contribution is -2.80. The highest BCUT2D eigenvalue weighted by molar-refractivity contribution is 6.08. The van der Waals surface area contributed by atoms with Gasteiger partial charge < -0.3 is 15.8 Å². The number of imide groups is 1. The Morgan fingerprint density at radius 3 is 2.30 bits per heavy atom. The number of hydrogen-bond donors (Lipinski definition) is 2. The molecule has 0 aliphatic carbocycles. The largest absolute Gasteiger partial charge is 0.372 e. The molecule has 146 valence electrons. The zero-order valence-electron chi connectivity index (χ0n) is 15.0. The zero-order valence-corrected chi connectivity index (χ0v) is 15.0. The van der Waals surface area contributed by atoms with Crippen LogP contribution in [0.3, 0.4) is 0 Å². The maximum atomic E-state index is 12.8. The minimum atomic E-state index is -0.512. The Morgan fingerprint density at radius 2 is 1.67 bits per heavy atom. The van der Waals surface area contributed by atoms with Crippen LogP contribution in [-0.2, 0) is 19.1 Å². The van der Waals surface area contributed by atoms with Gasteiger partial charge in [0.15, 0.2) is 0 Å². The van der Waals surface area contributed by atoms with Crippen LogP contribution in [0, 0.1) is 11.8 Å². The van der Waals surface area contributed by atoms with Crippen molar-refractivity contribution in [2.24, 2.45) is 17.6 Å². The number of nitrogens with two attached hydrogens (primary N) is 1. The van der Waals surface area contributed by atoms with E-state index in [4.69, 9.17) is 10.5 Å². The number of amides is 3. The van der Waals surface area contributed by atoms with Crippen LogP contribution in [0.1, 0.15) is 6.42 Å². The SMILES string of the molecule is NC1CC2OC1C1C(=O)N(CC(=O)NC34CN5CN(CN(C5)C3)C4)C(=O)C21. The fourth-order valence-corrected chi connectivity index (χ4v) is 6.32. The molecule has 7 aliphatic heterocycles. The van der Waals surface area contributed by atoms with Gasteiger partial charge in [0.1, 0.15) is 6.54 Å². The third-order valence-corrected chi connectivity index (χ3v) is 6.99. The number of nitrogens with zero attached hydrogens (tertiary/aromatic N) is 4. The Bertz CT molecular complexity index is 708. The molecule has 7 rings (SSSR count). The molecule has 6 bridgehead atoms. The van der Waals surface area contributed by atoms with Gasteiger partial charge in [-0.3, -0.25) is 34.0 Å². The van der Waals surface area contributed by atoms with E-state index in [0.717, 1.165) is 44.5 Å². The topological polar surface area (TPSA) is 111 Å². The molecule has 27 heavy (non-hydrogen) atoms. The average Bonchev–Trinajstić information content (AvgIpc) is 3.20. The number of nitrogens with one attached hydrogen (secondary N) is 1. The highest BCUT2D eigenvalue weighted by Gasteiger charge is 2.65. The molecule has 10 heteroatoms. The van der Waals surface area contributed by atoms with E-state index in [1.165, 1.54) is 0 Å². The molecule has 10 nitrogen and oxygen atoms in total. The van der Waals surface area contributed by atoms with Crippen molar-refractivity contribution in [2.45, 2.75) is 30.2 Å². The molecule has 0 aromatic rings. The van der Waals surface area contributed by atoms with Crippen LogP contribution in [0.15, 0.2) is 0 Å². The lowest BCUT2D eigenvalue weighted by molar-refractivity contribution is -0.159. The standard InChI is InChI=1S/C17H24N6O4/c18-9-1-10-12-13(14(9)27-10)16(26)23(15(12)25)2-11(24)19-17-3-20-6-21(4-17)8-22(5-17)7-20/h9-10,12-14H,1-8,18H2,(H,19,24). The fraction of sp³-hybridized carbons (Fsp3) is 0.824. The van der Waals surface area contributed by atoms with Gasteiger partial charge in [0.05, 0.1) is 49.6 Å². The van der Waals surface area contributed by atoms with Gasteiger partial charge in [-0.15, -0.1) is 0 Å². The van der Waals surface area contributed by atoms with Crippen LogP contribution in [0.2, 0.25) is 0 Å². The predicted molar refractivity (Wildman–Crippen MR) is 90.5 cm³/mol. The summed E-state index contributed by atoms with van der Waals surface area (Å²) in [5.74, 6) is -1.81. The summed E-state index contributed by atoms with van der Waals surface area (Å²) in [7, 11) is 0. The molecule has 7 fully saturated rings. The number of fused-ring (bicyclic) bond motifs is 5. The molecule has 0 aromatic heterocycles. The van der Waals surface area contributed by atoms with Gasteiger partial charge in [-0.2, -0.15) is 0 Å². The van der Waals surface area contributed by atoms with E-state index in [0.29, 0.717) is 6.42 Å². The molecule has 0 radical (unpaired) electrons. The smallest absolute Gasteiger partial charge is 0.240 e. The lowest BCUT2D eigenvalue weighted by atomic mass is 9.79. The average molecular weight is 376 g/mol. The third kappa shape index (κ3) is 2.21. The monoisotopic (exact) mass is 376 g/mol. The first-order chi connectivity index (χ1) is 12.9. The Kier molecular flexibility index (Phi) is 3.19. The van der Waals surface area contributed by atoms with Gasteiger partial charge in [0, 0.05) is 25.7 Å². The summed E-state index contributed by atoms with van der Waals surface area (Å²) < 4.78 is 5.73. The van der Waals surface area contributed by atoms with E-state index in [9.17, 15) is 14.4 Å². The summed E-state index contributed by atoms with van der Waals surface area (Å²) in [5.41, 5.74) is 5.70. The predicted octanol–water partition coefficient (Wildman–Crippen LogP) is -3.24. The molecule has 0 saturated carbocycles. The minimum Gasteiger partial charge on any atom is -0.372 e. The summed E-state index contributed by atoms with van der Waals surface area (Å²) in [6.45, 7) is 5.03. The van der Waals surface area contributed by atoms with Crippen LogP contribution in [0.4, 0.5) is 0 Å². The van der Waals surface area contributed by atoms with E-state index < -0.39 is 11.8 Å². The molecule has 3 N–H and O–H groups in total. The number of carbonyl (C=O) groups excluding carboxylic acids is 3. The first-order valence-corrected chi connectivity index (χ1v) is 9.67. The molecule has 5 atom stereocenters. The molecule has 3 amide bonds. The van der Waals surface area contributed by atoms with Crippen LogP contribution in [-0.4, -0.2) is 107 Å². The van der Waals surface area contributed by atoms with E-state index in [1.54, 1.807) is 0 Å². The van der Waals surface area contributed by atoms with Crippen molar-refractivity contribution in [3.05, 3.63) is 0 Å². The molecule has 7 aliphatic rings. The molecular weight excluding hydrogens is 352 g/mol. The number of hydrogen-bond acceptors (Lipinski definition) is 8. The van der Waals surface area contributed by atoms with Gasteiger partial charge in [0.25, 0.3) is 0 Å². The quantitative estimate of drug-likeness (QED) is 0.495. The van der Waals surface area contributed by atoms with Crippen molar-refractivity contribution in [2.75, 3.05) is 46.2 Å². The second kappa shape index (κ2) is 5.26. The summed E-state index contributed by atoms with van der Waals surface area (Å²) in [6, 6.07) is -0.203. The second-order valence-electron chi connectivity index (χ2n) is 9.09. The number of carbonyl (C=O) groups is 3. The van der Waals surface area contributed by atoms with Gasteiger partial charge in [0.2, 0.25) is 17.7 Å². The van der Waals surface area contributed by atoms with Crippen LogP contribution < -0.4 is 11.1 Å². The Morgan fingerprint density at radius 1 is 1.07 bits per heavy atom. The van der Waals surface area contributed by atoms with Crippen molar-refractivity contribution < 1.29 is 19.1 Å². The van der Waals surface area contributed by atoms with E-state index in [2.05, 4.69) is 20.0 Å². The zero-order chi connectivity index (χ0) is 18.5. The van der Waals surface area contributed by atoms with Gasteiger partial charge in [-0.05, 0) is 6.42 Å².